The van der Waals surface area contributed by atoms with Crippen LogP contribution in [0.2, 0.25) is 0 Å². The lowest BCUT2D eigenvalue weighted by atomic mass is 9.95. The van der Waals surface area contributed by atoms with Gasteiger partial charge in [-0.15, -0.1) is 11.3 Å². The first-order valence-electron chi connectivity index (χ1n) is 9.34. The number of Topliss-reactive ketones (excluding diaryl/α,β-unsaturated/α-hetero) is 1. The molecule has 0 saturated carbocycles. The number of aryl methyl sites for hydroxylation is 2. The third-order valence-electron chi connectivity index (χ3n) is 4.86. The summed E-state index contributed by atoms with van der Waals surface area (Å²) in [6.07, 6.45) is 0.729. The van der Waals surface area contributed by atoms with Crippen LogP contribution in [-0.2, 0) is 4.79 Å². The van der Waals surface area contributed by atoms with Gasteiger partial charge in [0.05, 0.1) is 27.2 Å². The Bertz CT molecular complexity index is 983. The molecule has 1 atom stereocenters. The zero-order chi connectivity index (χ0) is 21.3. The normalized spacial score (nSPS) is 17.0. The Labute approximate surface area is 183 Å². The van der Waals surface area contributed by atoms with Gasteiger partial charge in [-0.05, 0) is 52.5 Å². The standard InChI is InChI=1S/C21H24BrN3O3S/c1-12-20(29-13(2)23-12)18(26)16-17(14-8-5-6-9-15(14)22)25(21(28)19(16)27)11-7-10-24(3)4/h5-6,8-9,17,27H,7,10-11H2,1-4H3. The van der Waals surface area contributed by atoms with E-state index in [1.165, 1.54) is 11.3 Å². The van der Waals surface area contributed by atoms with E-state index in [2.05, 4.69) is 20.9 Å². The molecule has 0 spiro atoms. The first-order valence-corrected chi connectivity index (χ1v) is 10.9. The average molecular weight is 478 g/mol. The maximum Gasteiger partial charge on any atom is 0.290 e. The summed E-state index contributed by atoms with van der Waals surface area (Å²) in [4.78, 5) is 34.8. The van der Waals surface area contributed by atoms with Gasteiger partial charge in [0, 0.05) is 11.0 Å². The average Bonchev–Trinajstić information content (AvgIpc) is 3.12. The number of rotatable bonds is 7. The molecular formula is C21H24BrN3O3S. The van der Waals surface area contributed by atoms with Crippen LogP contribution in [0.4, 0.5) is 0 Å². The number of hydrogen-bond acceptors (Lipinski definition) is 6. The summed E-state index contributed by atoms with van der Waals surface area (Å²) in [5, 5.41) is 11.5. The lowest BCUT2D eigenvalue weighted by Gasteiger charge is -2.28. The molecule has 29 heavy (non-hydrogen) atoms. The van der Waals surface area contributed by atoms with Gasteiger partial charge in [-0.3, -0.25) is 9.59 Å². The van der Waals surface area contributed by atoms with Crippen LogP contribution in [0.5, 0.6) is 0 Å². The molecule has 6 nitrogen and oxygen atoms in total. The number of amides is 1. The van der Waals surface area contributed by atoms with Gasteiger partial charge in [0.1, 0.15) is 0 Å². The highest BCUT2D eigenvalue weighted by atomic mass is 79.9. The van der Waals surface area contributed by atoms with Crippen molar-refractivity contribution < 1.29 is 14.7 Å². The summed E-state index contributed by atoms with van der Waals surface area (Å²) < 4.78 is 0.785. The van der Waals surface area contributed by atoms with E-state index < -0.39 is 17.7 Å². The minimum Gasteiger partial charge on any atom is -0.503 e. The molecule has 8 heteroatoms. The van der Waals surface area contributed by atoms with Crippen molar-refractivity contribution in [2.45, 2.75) is 26.3 Å². The van der Waals surface area contributed by atoms with Crippen molar-refractivity contribution in [2.75, 3.05) is 27.2 Å². The van der Waals surface area contributed by atoms with Crippen molar-refractivity contribution in [3.63, 3.8) is 0 Å². The zero-order valence-corrected chi connectivity index (χ0v) is 19.3. The predicted octanol–water partition coefficient (Wildman–Crippen LogP) is 4.05. The summed E-state index contributed by atoms with van der Waals surface area (Å²) >= 11 is 4.83. The van der Waals surface area contributed by atoms with E-state index in [1.807, 2.05) is 50.2 Å². The third kappa shape index (κ3) is 4.29. The van der Waals surface area contributed by atoms with Crippen molar-refractivity contribution in [3.05, 3.63) is 61.2 Å². The first-order chi connectivity index (χ1) is 13.7. The molecule has 0 aliphatic carbocycles. The number of halogens is 1. The molecule has 1 aromatic carbocycles. The summed E-state index contributed by atoms with van der Waals surface area (Å²) in [5.74, 6) is -1.31. The Balaban J connectivity index is 2.06. The van der Waals surface area contributed by atoms with Gasteiger partial charge < -0.3 is 14.9 Å². The number of ketones is 1. The van der Waals surface area contributed by atoms with E-state index in [4.69, 9.17) is 0 Å². The van der Waals surface area contributed by atoms with Crippen molar-refractivity contribution in [1.29, 1.82) is 0 Å². The Morgan fingerprint density at radius 3 is 2.59 bits per heavy atom. The molecule has 0 fully saturated rings. The first kappa shape index (κ1) is 21.7. The zero-order valence-electron chi connectivity index (χ0n) is 16.9. The van der Waals surface area contributed by atoms with Gasteiger partial charge in [0.25, 0.3) is 5.91 Å². The second kappa shape index (κ2) is 8.77. The molecule has 2 heterocycles. The Hall–Kier alpha value is -2.03. The minimum absolute atomic E-state index is 0.124. The maximum absolute atomic E-state index is 13.4. The van der Waals surface area contributed by atoms with Crippen molar-refractivity contribution in [1.82, 2.24) is 14.8 Å². The van der Waals surface area contributed by atoms with Gasteiger partial charge in [0.15, 0.2) is 5.76 Å². The summed E-state index contributed by atoms with van der Waals surface area (Å²) in [7, 11) is 3.94. The van der Waals surface area contributed by atoms with Gasteiger partial charge >= 0.3 is 0 Å². The molecule has 3 rings (SSSR count). The van der Waals surface area contributed by atoms with Crippen molar-refractivity contribution >= 4 is 39.0 Å². The van der Waals surface area contributed by atoms with Crippen LogP contribution in [0.1, 0.15) is 38.4 Å². The summed E-state index contributed by atoms with van der Waals surface area (Å²) in [6.45, 7) is 4.84. The Morgan fingerprint density at radius 1 is 1.31 bits per heavy atom. The molecular weight excluding hydrogens is 454 g/mol. The fourth-order valence-corrected chi connectivity index (χ4v) is 4.93. The molecule has 0 saturated heterocycles. The molecule has 0 bridgehead atoms. The summed E-state index contributed by atoms with van der Waals surface area (Å²) in [6, 6.07) is 6.84. The van der Waals surface area contributed by atoms with E-state index in [-0.39, 0.29) is 11.4 Å². The summed E-state index contributed by atoms with van der Waals surface area (Å²) in [5.41, 5.74) is 1.51. The van der Waals surface area contributed by atoms with Gasteiger partial charge in [-0.2, -0.15) is 0 Å². The van der Waals surface area contributed by atoms with Crippen molar-refractivity contribution in [3.8, 4) is 0 Å². The van der Waals surface area contributed by atoms with Crippen LogP contribution >= 0.6 is 27.3 Å². The van der Waals surface area contributed by atoms with Gasteiger partial charge in [-0.1, -0.05) is 34.1 Å². The monoisotopic (exact) mass is 477 g/mol. The number of thiazole rings is 1. The van der Waals surface area contributed by atoms with Crippen LogP contribution < -0.4 is 0 Å². The van der Waals surface area contributed by atoms with Gasteiger partial charge in [0.2, 0.25) is 5.78 Å². The van der Waals surface area contributed by atoms with Crippen LogP contribution in [0.3, 0.4) is 0 Å². The molecule has 1 unspecified atom stereocenters. The highest BCUT2D eigenvalue weighted by molar-refractivity contribution is 9.10. The largest absolute Gasteiger partial charge is 0.503 e. The predicted molar refractivity (Wildman–Crippen MR) is 117 cm³/mol. The van der Waals surface area contributed by atoms with Crippen LogP contribution in [-0.4, -0.2) is 58.8 Å². The molecule has 154 valence electrons. The van der Waals surface area contributed by atoms with E-state index in [0.717, 1.165) is 28.0 Å². The maximum atomic E-state index is 13.4. The van der Waals surface area contributed by atoms with E-state index >= 15 is 0 Å². The van der Waals surface area contributed by atoms with Crippen molar-refractivity contribution in [2.24, 2.45) is 0 Å². The number of benzene rings is 1. The topological polar surface area (TPSA) is 73.7 Å². The van der Waals surface area contributed by atoms with E-state index in [9.17, 15) is 14.7 Å². The number of nitrogens with zero attached hydrogens (tertiary/aromatic N) is 3. The van der Waals surface area contributed by atoms with Crippen LogP contribution in [0.15, 0.2) is 40.1 Å². The number of carbonyl (C=O) groups is 2. The molecule has 1 amide bonds. The highest BCUT2D eigenvalue weighted by Gasteiger charge is 2.44. The molecule has 0 radical (unpaired) electrons. The second-order valence-corrected chi connectivity index (χ2v) is 9.38. The molecule has 1 aliphatic heterocycles. The number of aliphatic hydroxyl groups is 1. The van der Waals surface area contributed by atoms with Gasteiger partial charge in [-0.25, -0.2) is 4.98 Å². The Kier molecular flexibility index (Phi) is 6.55. The third-order valence-corrected chi connectivity index (χ3v) is 6.66. The highest BCUT2D eigenvalue weighted by Crippen LogP contribution is 2.42. The number of carbonyl (C=O) groups excluding carboxylic acids is 2. The quantitative estimate of drug-likeness (QED) is 0.608. The number of aromatic nitrogens is 1. The number of hydrogen-bond donors (Lipinski definition) is 1. The molecule has 1 aliphatic rings. The SMILES string of the molecule is Cc1nc(C)c(C(=O)C2=C(O)C(=O)N(CCCN(C)C)C2c2ccccc2Br)s1. The minimum atomic E-state index is -0.644. The lowest BCUT2D eigenvalue weighted by molar-refractivity contribution is -0.129. The fourth-order valence-electron chi connectivity index (χ4n) is 3.56. The molecule has 1 N–H and O–H groups in total. The molecule has 2 aromatic rings. The second-order valence-electron chi connectivity index (χ2n) is 7.32. The van der Waals surface area contributed by atoms with Crippen LogP contribution in [0, 0.1) is 13.8 Å². The van der Waals surface area contributed by atoms with E-state index in [1.54, 1.807) is 11.8 Å². The van der Waals surface area contributed by atoms with E-state index in [0.29, 0.717) is 17.1 Å². The Morgan fingerprint density at radius 2 is 2.00 bits per heavy atom. The molecule has 1 aromatic heterocycles. The smallest absolute Gasteiger partial charge is 0.290 e. The fraction of sp³-hybridized carbons (Fsp3) is 0.381. The number of aliphatic hydroxyl groups excluding tert-OH is 1. The lowest BCUT2D eigenvalue weighted by Crippen LogP contribution is -2.33. The van der Waals surface area contributed by atoms with Crippen LogP contribution in [0.25, 0.3) is 0 Å².